The van der Waals surface area contributed by atoms with E-state index in [0.29, 0.717) is 6.04 Å². The fourth-order valence-electron chi connectivity index (χ4n) is 2.62. The molecular weight excluding hydrogens is 298 g/mol. The van der Waals surface area contributed by atoms with Crippen LogP contribution in [0.25, 0.3) is 0 Å². The Labute approximate surface area is 117 Å². The summed E-state index contributed by atoms with van der Waals surface area (Å²) in [5.41, 5.74) is 1.06. The molecule has 1 aromatic carbocycles. The van der Waals surface area contributed by atoms with Crippen LogP contribution in [-0.2, 0) is 0 Å². The number of anilines is 1. The second-order valence-electron chi connectivity index (χ2n) is 4.91. The van der Waals surface area contributed by atoms with E-state index in [-0.39, 0.29) is 0 Å². The molecule has 0 saturated heterocycles. The normalized spacial score (nSPS) is 24.6. The van der Waals surface area contributed by atoms with Crippen molar-refractivity contribution in [3.8, 4) is 0 Å². The molecule has 0 spiro atoms. The fourth-order valence-corrected chi connectivity index (χ4v) is 3.15. The Balaban J connectivity index is 2.02. The van der Waals surface area contributed by atoms with Crippen LogP contribution in [0.5, 0.6) is 0 Å². The van der Waals surface area contributed by atoms with Gasteiger partial charge in [0, 0.05) is 10.5 Å². The minimum atomic E-state index is 0.584. The van der Waals surface area contributed by atoms with Gasteiger partial charge in [-0.15, -0.1) is 0 Å². The van der Waals surface area contributed by atoms with Gasteiger partial charge in [-0.1, -0.05) is 53.7 Å². The maximum Gasteiger partial charge on any atom is 0.0638 e. The molecule has 1 aliphatic carbocycles. The zero-order chi connectivity index (χ0) is 12.3. The van der Waals surface area contributed by atoms with E-state index in [1.54, 1.807) is 0 Å². The maximum absolute atomic E-state index is 6.20. The average molecular weight is 317 g/mol. The van der Waals surface area contributed by atoms with E-state index < -0.39 is 0 Å². The lowest BCUT2D eigenvalue weighted by Crippen LogP contribution is -2.27. The summed E-state index contributed by atoms with van der Waals surface area (Å²) in [5, 5.41) is 4.40. The number of benzene rings is 1. The Morgan fingerprint density at radius 2 is 2.24 bits per heavy atom. The molecular formula is C14H19BrClN. The highest BCUT2D eigenvalue weighted by molar-refractivity contribution is 9.10. The SMILES string of the molecule is CCC1CCCC(Nc2cc(Br)ccc2Cl)C1. The number of hydrogen-bond donors (Lipinski definition) is 1. The van der Waals surface area contributed by atoms with Crippen LogP contribution in [0.1, 0.15) is 39.0 Å². The second-order valence-corrected chi connectivity index (χ2v) is 6.23. The van der Waals surface area contributed by atoms with Crippen LogP contribution in [0, 0.1) is 5.92 Å². The maximum atomic E-state index is 6.20. The summed E-state index contributed by atoms with van der Waals surface area (Å²) in [4.78, 5) is 0. The summed E-state index contributed by atoms with van der Waals surface area (Å²) in [5.74, 6) is 0.882. The quantitative estimate of drug-likeness (QED) is 0.778. The Kier molecular flexibility index (Phi) is 4.75. The van der Waals surface area contributed by atoms with Gasteiger partial charge in [-0.05, 0) is 37.0 Å². The summed E-state index contributed by atoms with van der Waals surface area (Å²) in [6.45, 7) is 2.29. The van der Waals surface area contributed by atoms with Gasteiger partial charge < -0.3 is 5.32 Å². The third kappa shape index (κ3) is 3.62. The molecule has 0 bridgehead atoms. The van der Waals surface area contributed by atoms with E-state index in [9.17, 15) is 0 Å². The van der Waals surface area contributed by atoms with E-state index in [1.807, 2.05) is 12.1 Å². The Morgan fingerprint density at radius 3 is 3.00 bits per heavy atom. The first-order chi connectivity index (χ1) is 8.19. The van der Waals surface area contributed by atoms with Crippen LogP contribution < -0.4 is 5.32 Å². The molecule has 0 amide bonds. The van der Waals surface area contributed by atoms with Gasteiger partial charge >= 0.3 is 0 Å². The predicted molar refractivity (Wildman–Crippen MR) is 78.8 cm³/mol. The van der Waals surface area contributed by atoms with E-state index in [4.69, 9.17) is 11.6 Å². The molecule has 3 heteroatoms. The zero-order valence-electron chi connectivity index (χ0n) is 10.2. The largest absolute Gasteiger partial charge is 0.381 e. The van der Waals surface area contributed by atoms with Crippen LogP contribution in [-0.4, -0.2) is 6.04 Å². The van der Waals surface area contributed by atoms with Gasteiger partial charge in [-0.2, -0.15) is 0 Å². The lowest BCUT2D eigenvalue weighted by atomic mass is 9.84. The molecule has 2 rings (SSSR count). The highest BCUT2D eigenvalue weighted by atomic mass is 79.9. The molecule has 0 heterocycles. The summed E-state index contributed by atoms with van der Waals surface area (Å²) >= 11 is 9.69. The van der Waals surface area contributed by atoms with E-state index in [1.165, 1.54) is 32.1 Å². The monoisotopic (exact) mass is 315 g/mol. The minimum absolute atomic E-state index is 0.584. The first-order valence-electron chi connectivity index (χ1n) is 6.40. The summed E-state index contributed by atoms with van der Waals surface area (Å²) in [6, 6.07) is 6.57. The minimum Gasteiger partial charge on any atom is -0.381 e. The van der Waals surface area contributed by atoms with Crippen molar-refractivity contribution >= 4 is 33.2 Å². The second kappa shape index (κ2) is 6.10. The van der Waals surface area contributed by atoms with Gasteiger partial charge in [-0.3, -0.25) is 0 Å². The number of halogens is 2. The van der Waals surface area contributed by atoms with Gasteiger partial charge in [-0.25, -0.2) is 0 Å². The Bertz CT molecular complexity index is 380. The van der Waals surface area contributed by atoms with Crippen molar-refractivity contribution < 1.29 is 0 Å². The molecule has 1 fully saturated rings. The highest BCUT2D eigenvalue weighted by Crippen LogP contribution is 2.32. The summed E-state index contributed by atoms with van der Waals surface area (Å²) < 4.78 is 1.08. The molecule has 0 aromatic heterocycles. The van der Waals surface area contributed by atoms with Crippen molar-refractivity contribution in [3.05, 3.63) is 27.7 Å². The van der Waals surface area contributed by atoms with Crippen molar-refractivity contribution in [1.82, 2.24) is 0 Å². The molecule has 2 unspecified atom stereocenters. The van der Waals surface area contributed by atoms with Gasteiger partial charge in [0.2, 0.25) is 0 Å². The average Bonchev–Trinajstić information content (AvgIpc) is 2.34. The summed E-state index contributed by atoms with van der Waals surface area (Å²) in [7, 11) is 0. The van der Waals surface area contributed by atoms with E-state index >= 15 is 0 Å². The van der Waals surface area contributed by atoms with Crippen LogP contribution in [0.15, 0.2) is 22.7 Å². The Hall–Kier alpha value is -0.210. The van der Waals surface area contributed by atoms with Crippen molar-refractivity contribution in [2.75, 3.05) is 5.32 Å². The van der Waals surface area contributed by atoms with E-state index in [2.05, 4.69) is 34.2 Å². The zero-order valence-corrected chi connectivity index (χ0v) is 12.5. The number of hydrogen-bond acceptors (Lipinski definition) is 1. The molecule has 1 aromatic rings. The van der Waals surface area contributed by atoms with Crippen LogP contribution in [0.3, 0.4) is 0 Å². The molecule has 2 atom stereocenters. The Morgan fingerprint density at radius 1 is 1.41 bits per heavy atom. The smallest absolute Gasteiger partial charge is 0.0638 e. The standard InChI is InChI=1S/C14H19BrClN/c1-2-10-4-3-5-12(8-10)17-14-9-11(15)6-7-13(14)16/h6-7,9-10,12,17H,2-5,8H2,1H3. The van der Waals surface area contributed by atoms with Gasteiger partial charge in [0.25, 0.3) is 0 Å². The number of nitrogens with one attached hydrogen (secondary N) is 1. The van der Waals surface area contributed by atoms with Crippen molar-refractivity contribution in [1.29, 1.82) is 0 Å². The molecule has 1 nitrogen and oxygen atoms in total. The van der Waals surface area contributed by atoms with E-state index in [0.717, 1.165) is 21.1 Å². The predicted octanol–water partition coefficient (Wildman–Crippen LogP) is 5.48. The number of rotatable bonds is 3. The van der Waals surface area contributed by atoms with Crippen molar-refractivity contribution in [3.63, 3.8) is 0 Å². The topological polar surface area (TPSA) is 12.0 Å². The van der Waals surface area contributed by atoms with Gasteiger partial charge in [0.1, 0.15) is 0 Å². The highest BCUT2D eigenvalue weighted by Gasteiger charge is 2.21. The fraction of sp³-hybridized carbons (Fsp3) is 0.571. The van der Waals surface area contributed by atoms with Crippen LogP contribution in [0.2, 0.25) is 5.02 Å². The third-order valence-electron chi connectivity index (χ3n) is 3.65. The van der Waals surface area contributed by atoms with Gasteiger partial charge in [0.05, 0.1) is 10.7 Å². The lowest BCUT2D eigenvalue weighted by molar-refractivity contribution is 0.327. The summed E-state index contributed by atoms with van der Waals surface area (Å²) in [6.07, 6.45) is 6.56. The third-order valence-corrected chi connectivity index (χ3v) is 4.47. The molecule has 17 heavy (non-hydrogen) atoms. The van der Waals surface area contributed by atoms with Crippen molar-refractivity contribution in [2.24, 2.45) is 5.92 Å². The first-order valence-corrected chi connectivity index (χ1v) is 7.57. The molecule has 1 aliphatic rings. The van der Waals surface area contributed by atoms with Crippen LogP contribution in [0.4, 0.5) is 5.69 Å². The molecule has 1 saturated carbocycles. The molecule has 1 N–H and O–H groups in total. The lowest BCUT2D eigenvalue weighted by Gasteiger charge is -2.30. The molecule has 0 radical (unpaired) electrons. The molecule has 0 aliphatic heterocycles. The first kappa shape index (κ1) is 13.2. The van der Waals surface area contributed by atoms with Crippen LogP contribution >= 0.6 is 27.5 Å². The van der Waals surface area contributed by atoms with Crippen molar-refractivity contribution in [2.45, 2.75) is 45.1 Å². The van der Waals surface area contributed by atoms with Gasteiger partial charge in [0.15, 0.2) is 0 Å². The molecule has 94 valence electrons.